The number of aliphatic carboxylic acids is 1. The van der Waals surface area contributed by atoms with E-state index in [1.807, 2.05) is 13.8 Å². The molecular weight excluding hydrogens is 266 g/mol. The van der Waals surface area contributed by atoms with E-state index in [2.05, 4.69) is 14.9 Å². The summed E-state index contributed by atoms with van der Waals surface area (Å²) in [6.07, 6.45) is 3.00. The molecule has 1 heterocycles. The maximum absolute atomic E-state index is 12.1. The van der Waals surface area contributed by atoms with Gasteiger partial charge in [0, 0.05) is 6.04 Å². The summed E-state index contributed by atoms with van der Waals surface area (Å²) in [4.78, 5) is 23.3. The molecule has 0 saturated heterocycles. The molecule has 1 aromatic heterocycles. The number of aromatic nitrogens is 2. The predicted octanol–water partition coefficient (Wildman–Crippen LogP) is 1.86. The van der Waals surface area contributed by atoms with Gasteiger partial charge in [-0.05, 0) is 24.4 Å². The number of carbonyl (C=O) groups excluding carboxylic acids is 1. The van der Waals surface area contributed by atoms with Crippen LogP contribution in [0.15, 0.2) is 0 Å². The largest absolute Gasteiger partial charge is 0.481 e. The van der Waals surface area contributed by atoms with Crippen molar-refractivity contribution < 1.29 is 14.7 Å². The van der Waals surface area contributed by atoms with Gasteiger partial charge in [0.15, 0.2) is 0 Å². The molecule has 1 rings (SSSR count). The van der Waals surface area contributed by atoms with Gasteiger partial charge >= 0.3 is 5.97 Å². The van der Waals surface area contributed by atoms with Gasteiger partial charge in [0.25, 0.3) is 5.91 Å². The molecule has 1 unspecified atom stereocenters. The Hall–Kier alpha value is -1.50. The average molecular weight is 285 g/mol. The van der Waals surface area contributed by atoms with Crippen LogP contribution in [0.3, 0.4) is 0 Å². The molecular formula is C12H19N3O3S. The quantitative estimate of drug-likeness (QED) is 0.760. The molecule has 6 nitrogen and oxygen atoms in total. The molecule has 0 aliphatic carbocycles. The number of nitrogens with one attached hydrogen (secondary N) is 1. The lowest BCUT2D eigenvalue weighted by Gasteiger charge is -2.15. The molecule has 1 aromatic rings. The first-order valence-corrected chi connectivity index (χ1v) is 7.19. The standard InChI is InChI=1S/C12H19N3O3S/c1-3-5-8(7-10(16)17)13-12(18)11-9(6-4-2)14-15-19-11/h8H,3-7H2,1-2H3,(H,13,18)(H,16,17). The molecule has 106 valence electrons. The number of amides is 1. The molecule has 2 N–H and O–H groups in total. The van der Waals surface area contributed by atoms with E-state index < -0.39 is 5.97 Å². The fraction of sp³-hybridized carbons (Fsp3) is 0.667. The van der Waals surface area contributed by atoms with E-state index in [0.29, 0.717) is 23.4 Å². The summed E-state index contributed by atoms with van der Waals surface area (Å²) in [7, 11) is 0. The summed E-state index contributed by atoms with van der Waals surface area (Å²) in [6.45, 7) is 3.96. The summed E-state index contributed by atoms with van der Waals surface area (Å²) in [5.41, 5.74) is 0.690. The summed E-state index contributed by atoms with van der Waals surface area (Å²) in [5, 5.41) is 15.5. The van der Waals surface area contributed by atoms with Crippen molar-refractivity contribution in [3.05, 3.63) is 10.6 Å². The van der Waals surface area contributed by atoms with E-state index in [0.717, 1.165) is 24.4 Å². The van der Waals surface area contributed by atoms with E-state index >= 15 is 0 Å². The smallest absolute Gasteiger partial charge is 0.305 e. The molecule has 19 heavy (non-hydrogen) atoms. The van der Waals surface area contributed by atoms with Crippen LogP contribution in [-0.4, -0.2) is 32.6 Å². The lowest BCUT2D eigenvalue weighted by atomic mass is 10.1. The van der Waals surface area contributed by atoms with E-state index in [1.54, 1.807) is 0 Å². The van der Waals surface area contributed by atoms with Crippen molar-refractivity contribution in [1.29, 1.82) is 0 Å². The molecule has 0 aliphatic rings. The van der Waals surface area contributed by atoms with Crippen LogP contribution in [0.4, 0.5) is 0 Å². The van der Waals surface area contributed by atoms with Gasteiger partial charge in [-0.2, -0.15) is 0 Å². The van der Waals surface area contributed by atoms with Gasteiger partial charge < -0.3 is 10.4 Å². The Morgan fingerprint density at radius 3 is 2.68 bits per heavy atom. The molecule has 0 spiro atoms. The molecule has 0 fully saturated rings. The van der Waals surface area contributed by atoms with Crippen LogP contribution in [-0.2, 0) is 11.2 Å². The Balaban J connectivity index is 2.69. The molecule has 0 aliphatic heterocycles. The molecule has 0 aromatic carbocycles. The summed E-state index contributed by atoms with van der Waals surface area (Å²) >= 11 is 1.06. The van der Waals surface area contributed by atoms with Gasteiger partial charge in [0.05, 0.1) is 12.1 Å². The molecule has 1 amide bonds. The minimum absolute atomic E-state index is 0.0606. The third-order valence-corrected chi connectivity index (χ3v) is 3.41. The van der Waals surface area contributed by atoms with Crippen molar-refractivity contribution in [3.8, 4) is 0 Å². The lowest BCUT2D eigenvalue weighted by Crippen LogP contribution is -2.36. The first-order valence-electron chi connectivity index (χ1n) is 6.42. The van der Waals surface area contributed by atoms with Crippen molar-refractivity contribution in [3.63, 3.8) is 0 Å². The normalized spacial score (nSPS) is 12.1. The van der Waals surface area contributed by atoms with E-state index in [4.69, 9.17) is 5.11 Å². The number of hydrogen-bond acceptors (Lipinski definition) is 5. The van der Waals surface area contributed by atoms with Gasteiger partial charge in [-0.1, -0.05) is 31.2 Å². The van der Waals surface area contributed by atoms with Crippen LogP contribution in [0, 0.1) is 0 Å². The maximum Gasteiger partial charge on any atom is 0.305 e. The fourth-order valence-electron chi connectivity index (χ4n) is 1.82. The Morgan fingerprint density at radius 2 is 2.11 bits per heavy atom. The number of carboxylic acids is 1. The number of hydrogen-bond donors (Lipinski definition) is 2. The summed E-state index contributed by atoms with van der Waals surface area (Å²) in [5.74, 6) is -1.17. The number of carboxylic acid groups (broad SMARTS) is 1. The summed E-state index contributed by atoms with van der Waals surface area (Å²) in [6, 6.07) is -0.341. The zero-order valence-corrected chi connectivity index (χ0v) is 12.0. The maximum atomic E-state index is 12.1. The van der Waals surface area contributed by atoms with Crippen LogP contribution in [0.5, 0.6) is 0 Å². The SMILES string of the molecule is CCCc1nnsc1C(=O)NC(CCC)CC(=O)O. The Bertz CT molecular complexity index is 434. The zero-order chi connectivity index (χ0) is 14.3. The van der Waals surface area contributed by atoms with Crippen LogP contribution in [0.2, 0.25) is 0 Å². The highest BCUT2D eigenvalue weighted by Crippen LogP contribution is 2.13. The first-order chi connectivity index (χ1) is 9.08. The van der Waals surface area contributed by atoms with Gasteiger partial charge in [0.2, 0.25) is 0 Å². The molecule has 1 atom stereocenters. The lowest BCUT2D eigenvalue weighted by molar-refractivity contribution is -0.137. The number of carbonyl (C=O) groups is 2. The van der Waals surface area contributed by atoms with Crippen LogP contribution in [0.25, 0.3) is 0 Å². The van der Waals surface area contributed by atoms with Gasteiger partial charge in [-0.3, -0.25) is 9.59 Å². The molecule has 0 saturated carbocycles. The fourth-order valence-corrected chi connectivity index (χ4v) is 2.43. The zero-order valence-electron chi connectivity index (χ0n) is 11.2. The molecule has 0 radical (unpaired) electrons. The number of rotatable bonds is 8. The molecule has 0 bridgehead atoms. The predicted molar refractivity (Wildman–Crippen MR) is 72.3 cm³/mol. The van der Waals surface area contributed by atoms with E-state index in [9.17, 15) is 9.59 Å². The third-order valence-electron chi connectivity index (χ3n) is 2.64. The Labute approximate surface area is 116 Å². The number of nitrogens with zero attached hydrogens (tertiary/aromatic N) is 2. The monoisotopic (exact) mass is 285 g/mol. The highest BCUT2D eigenvalue weighted by Gasteiger charge is 2.20. The van der Waals surface area contributed by atoms with Crippen LogP contribution < -0.4 is 5.32 Å². The van der Waals surface area contributed by atoms with Crippen LogP contribution >= 0.6 is 11.5 Å². The highest BCUT2D eigenvalue weighted by molar-refractivity contribution is 7.08. The first kappa shape index (κ1) is 15.6. The van der Waals surface area contributed by atoms with Crippen molar-refractivity contribution in [1.82, 2.24) is 14.9 Å². The number of aryl methyl sites for hydroxylation is 1. The van der Waals surface area contributed by atoms with E-state index in [-0.39, 0.29) is 18.4 Å². The summed E-state index contributed by atoms with van der Waals surface area (Å²) < 4.78 is 3.79. The third kappa shape index (κ3) is 4.94. The minimum Gasteiger partial charge on any atom is -0.481 e. The van der Waals surface area contributed by atoms with Crippen LogP contribution in [0.1, 0.15) is 54.9 Å². The second-order valence-corrected chi connectivity index (χ2v) is 5.11. The minimum atomic E-state index is -0.907. The highest BCUT2D eigenvalue weighted by atomic mass is 32.1. The van der Waals surface area contributed by atoms with Gasteiger partial charge in [-0.25, -0.2) is 0 Å². The van der Waals surface area contributed by atoms with Crippen molar-refractivity contribution in [2.75, 3.05) is 0 Å². The Kier molecular flexibility index (Phi) is 6.41. The topological polar surface area (TPSA) is 92.2 Å². The Morgan fingerprint density at radius 1 is 1.37 bits per heavy atom. The second kappa shape index (κ2) is 7.83. The van der Waals surface area contributed by atoms with Crippen molar-refractivity contribution in [2.24, 2.45) is 0 Å². The average Bonchev–Trinajstić information content (AvgIpc) is 2.77. The molecule has 7 heteroatoms. The van der Waals surface area contributed by atoms with Crippen molar-refractivity contribution >= 4 is 23.4 Å². The second-order valence-electron chi connectivity index (χ2n) is 4.36. The van der Waals surface area contributed by atoms with Crippen molar-refractivity contribution in [2.45, 2.75) is 52.0 Å². The van der Waals surface area contributed by atoms with E-state index in [1.165, 1.54) is 0 Å². The van der Waals surface area contributed by atoms with Gasteiger partial charge in [0.1, 0.15) is 4.88 Å². The van der Waals surface area contributed by atoms with Gasteiger partial charge in [-0.15, -0.1) is 5.10 Å².